The molecule has 0 aromatic heterocycles. The summed E-state index contributed by atoms with van der Waals surface area (Å²) in [6.07, 6.45) is 13.7. The Morgan fingerprint density at radius 2 is 1.86 bits per heavy atom. The number of hydrogen-bond donors (Lipinski definition) is 2. The fourth-order valence-corrected chi connectivity index (χ4v) is 2.82. The summed E-state index contributed by atoms with van der Waals surface area (Å²) in [6.45, 7) is 7.98. The van der Waals surface area contributed by atoms with E-state index in [-0.39, 0.29) is 0 Å². The minimum absolute atomic E-state index is 0.746. The Morgan fingerprint density at radius 3 is 2.48 bits per heavy atom. The van der Waals surface area contributed by atoms with Gasteiger partial charge < -0.3 is 16.0 Å². The van der Waals surface area contributed by atoms with E-state index in [1.54, 1.807) is 0 Å². The summed E-state index contributed by atoms with van der Waals surface area (Å²) in [5.74, 6) is 0. The lowest BCUT2D eigenvalue weighted by Crippen LogP contribution is -2.30. The molecule has 1 saturated heterocycles. The van der Waals surface area contributed by atoms with Crippen molar-refractivity contribution in [3.63, 3.8) is 0 Å². The molecule has 3 nitrogen and oxygen atoms in total. The van der Waals surface area contributed by atoms with Crippen LogP contribution in [-0.4, -0.2) is 30.7 Å². The Bertz CT molecular complexity index is 363. The molecule has 0 aromatic carbocycles. The molecule has 0 radical (unpaired) electrons. The second kappa shape index (κ2) is 10.6. The third-order valence-corrected chi connectivity index (χ3v) is 4.41. The number of likely N-dealkylation sites (tertiary alicyclic amines) is 1. The molecule has 0 spiro atoms. The van der Waals surface area contributed by atoms with Gasteiger partial charge in [0, 0.05) is 11.9 Å². The number of unbranched alkanes of at least 4 members (excludes halogenated alkanes) is 2. The van der Waals surface area contributed by atoms with E-state index in [0.29, 0.717) is 0 Å². The fraction of sp³-hybridized carbons (Fsp3) is 0.722. The van der Waals surface area contributed by atoms with Gasteiger partial charge in [-0.25, -0.2) is 0 Å². The molecular weight excluding hydrogens is 258 g/mol. The summed E-state index contributed by atoms with van der Waals surface area (Å²) in [6, 6.07) is 0. The number of nitrogens with one attached hydrogen (secondary N) is 1. The van der Waals surface area contributed by atoms with Crippen LogP contribution in [0, 0.1) is 5.41 Å². The Morgan fingerprint density at radius 1 is 1.14 bits per heavy atom. The zero-order valence-corrected chi connectivity index (χ0v) is 14.0. The highest BCUT2D eigenvalue weighted by Crippen LogP contribution is 2.16. The van der Waals surface area contributed by atoms with Crippen molar-refractivity contribution in [2.45, 2.75) is 65.2 Å². The summed E-state index contributed by atoms with van der Waals surface area (Å²) in [5.41, 5.74) is 8.98. The maximum Gasteiger partial charge on any atom is 0.0358 e. The van der Waals surface area contributed by atoms with Crippen LogP contribution >= 0.6 is 0 Å². The van der Waals surface area contributed by atoms with Crippen LogP contribution < -0.4 is 5.73 Å². The Balaban J connectivity index is 2.22. The van der Waals surface area contributed by atoms with Crippen LogP contribution in [0.2, 0.25) is 0 Å². The Kier molecular flexibility index (Phi) is 9.07. The van der Waals surface area contributed by atoms with Gasteiger partial charge in [0.05, 0.1) is 0 Å². The van der Waals surface area contributed by atoms with Crippen molar-refractivity contribution < 1.29 is 0 Å². The molecule has 0 unspecified atom stereocenters. The number of allylic oxidation sites excluding steroid dienone is 3. The molecule has 0 aliphatic carbocycles. The van der Waals surface area contributed by atoms with Crippen LogP contribution in [0.3, 0.4) is 0 Å². The molecule has 0 aromatic rings. The molecule has 0 bridgehead atoms. The Hall–Kier alpha value is -1.09. The van der Waals surface area contributed by atoms with Crippen molar-refractivity contribution in [3.05, 3.63) is 22.9 Å². The SMILES string of the molecule is CC/C(=C/C(N)=C(C)C=N)CCCCCN1CCCCC1. The monoisotopic (exact) mass is 291 g/mol. The molecule has 0 atom stereocenters. The molecule has 21 heavy (non-hydrogen) atoms. The van der Waals surface area contributed by atoms with Crippen LogP contribution in [0.15, 0.2) is 22.9 Å². The summed E-state index contributed by atoms with van der Waals surface area (Å²) in [7, 11) is 0. The average Bonchev–Trinajstić information content (AvgIpc) is 2.53. The predicted molar refractivity (Wildman–Crippen MR) is 92.8 cm³/mol. The van der Waals surface area contributed by atoms with Gasteiger partial charge in [-0.2, -0.15) is 0 Å². The highest BCUT2D eigenvalue weighted by Gasteiger charge is 2.08. The molecule has 0 amide bonds. The second-order valence-electron chi connectivity index (χ2n) is 6.15. The zero-order valence-electron chi connectivity index (χ0n) is 14.0. The molecule has 0 saturated carbocycles. The van der Waals surface area contributed by atoms with Gasteiger partial charge in [0.2, 0.25) is 0 Å². The van der Waals surface area contributed by atoms with Crippen molar-refractivity contribution in [2.24, 2.45) is 5.73 Å². The highest BCUT2D eigenvalue weighted by molar-refractivity contribution is 5.76. The van der Waals surface area contributed by atoms with Crippen molar-refractivity contribution in [2.75, 3.05) is 19.6 Å². The van der Waals surface area contributed by atoms with Crippen LogP contribution in [0.5, 0.6) is 0 Å². The van der Waals surface area contributed by atoms with Gasteiger partial charge in [-0.05, 0) is 76.7 Å². The van der Waals surface area contributed by atoms with E-state index >= 15 is 0 Å². The number of rotatable bonds is 9. The maximum absolute atomic E-state index is 7.23. The lowest BCUT2D eigenvalue weighted by atomic mass is 10.0. The molecule has 1 heterocycles. The van der Waals surface area contributed by atoms with Gasteiger partial charge >= 0.3 is 0 Å². The van der Waals surface area contributed by atoms with E-state index in [4.69, 9.17) is 11.1 Å². The lowest BCUT2D eigenvalue weighted by molar-refractivity contribution is 0.224. The van der Waals surface area contributed by atoms with E-state index in [9.17, 15) is 0 Å². The molecule has 1 aliphatic heterocycles. The van der Waals surface area contributed by atoms with Crippen molar-refractivity contribution in [1.82, 2.24) is 4.90 Å². The minimum Gasteiger partial charge on any atom is -0.398 e. The first-order valence-electron chi connectivity index (χ1n) is 8.56. The second-order valence-corrected chi connectivity index (χ2v) is 6.15. The fourth-order valence-electron chi connectivity index (χ4n) is 2.82. The molecule has 1 fully saturated rings. The van der Waals surface area contributed by atoms with Gasteiger partial charge in [-0.1, -0.05) is 25.3 Å². The van der Waals surface area contributed by atoms with Crippen LogP contribution in [-0.2, 0) is 0 Å². The maximum atomic E-state index is 7.23. The minimum atomic E-state index is 0.746. The van der Waals surface area contributed by atoms with Gasteiger partial charge in [-0.3, -0.25) is 0 Å². The number of nitrogens with two attached hydrogens (primary N) is 1. The zero-order chi connectivity index (χ0) is 15.5. The number of nitrogens with zero attached hydrogens (tertiary/aromatic N) is 1. The topological polar surface area (TPSA) is 53.1 Å². The van der Waals surface area contributed by atoms with Crippen molar-refractivity contribution >= 4 is 6.21 Å². The summed E-state index contributed by atoms with van der Waals surface area (Å²) < 4.78 is 0. The van der Waals surface area contributed by atoms with Gasteiger partial charge in [0.1, 0.15) is 0 Å². The third kappa shape index (κ3) is 7.47. The van der Waals surface area contributed by atoms with Crippen LogP contribution in [0.25, 0.3) is 0 Å². The lowest BCUT2D eigenvalue weighted by Gasteiger charge is -2.26. The third-order valence-electron chi connectivity index (χ3n) is 4.41. The first-order chi connectivity index (χ1) is 10.2. The molecular formula is C18H33N3. The predicted octanol–water partition coefficient (Wildman–Crippen LogP) is 4.25. The molecule has 120 valence electrons. The molecule has 1 aliphatic rings. The first-order valence-corrected chi connectivity index (χ1v) is 8.56. The molecule has 1 rings (SSSR count). The Labute approximate surface area is 130 Å². The summed E-state index contributed by atoms with van der Waals surface area (Å²) in [4.78, 5) is 2.62. The van der Waals surface area contributed by atoms with Gasteiger partial charge in [0.25, 0.3) is 0 Å². The van der Waals surface area contributed by atoms with Gasteiger partial charge in [-0.15, -0.1) is 0 Å². The molecule has 3 N–H and O–H groups in total. The number of piperidine rings is 1. The number of hydrogen-bond acceptors (Lipinski definition) is 3. The summed E-state index contributed by atoms with van der Waals surface area (Å²) in [5, 5.41) is 7.23. The van der Waals surface area contributed by atoms with Crippen molar-refractivity contribution in [1.29, 1.82) is 5.41 Å². The highest BCUT2D eigenvalue weighted by atomic mass is 15.1. The van der Waals surface area contributed by atoms with Crippen LogP contribution in [0.1, 0.15) is 65.2 Å². The average molecular weight is 291 g/mol. The molecule has 3 heteroatoms. The van der Waals surface area contributed by atoms with E-state index in [2.05, 4.69) is 17.9 Å². The standard InChI is InChI=1S/C18H33N3/c1-3-17(14-18(20)16(2)15-19)10-6-4-7-11-21-12-8-5-9-13-21/h14-15,19H,3-13,20H2,1-2H3/b17-14-,18-16?,19-15?. The van der Waals surface area contributed by atoms with Crippen molar-refractivity contribution in [3.8, 4) is 0 Å². The van der Waals surface area contributed by atoms with E-state index < -0.39 is 0 Å². The normalized spacial score (nSPS) is 18.5. The summed E-state index contributed by atoms with van der Waals surface area (Å²) >= 11 is 0. The first kappa shape index (κ1) is 18.0. The van der Waals surface area contributed by atoms with Crippen LogP contribution in [0.4, 0.5) is 0 Å². The quantitative estimate of drug-likeness (QED) is 0.379. The van der Waals surface area contributed by atoms with E-state index in [1.807, 2.05) is 6.92 Å². The van der Waals surface area contributed by atoms with E-state index in [0.717, 1.165) is 24.1 Å². The smallest absolute Gasteiger partial charge is 0.0358 e. The van der Waals surface area contributed by atoms with E-state index in [1.165, 1.54) is 69.9 Å². The van der Waals surface area contributed by atoms with Gasteiger partial charge in [0.15, 0.2) is 0 Å². The largest absolute Gasteiger partial charge is 0.398 e.